The molecular weight excluding hydrogens is 290 g/mol. The van der Waals surface area contributed by atoms with Gasteiger partial charge in [0.1, 0.15) is 0 Å². The number of nitrogens with zero attached hydrogens (tertiary/aromatic N) is 1. The maximum absolute atomic E-state index is 13.0. The Balaban J connectivity index is 1.76. The van der Waals surface area contributed by atoms with Crippen molar-refractivity contribution in [3.05, 3.63) is 35.9 Å². The lowest BCUT2D eigenvalue weighted by Gasteiger charge is -2.41. The number of aliphatic carboxylic acids is 1. The fourth-order valence-electron chi connectivity index (χ4n) is 3.86. The van der Waals surface area contributed by atoms with Gasteiger partial charge in [0.25, 0.3) is 0 Å². The first-order chi connectivity index (χ1) is 11.2. The Morgan fingerprint density at radius 3 is 2.17 bits per heavy atom. The molecule has 0 bridgehead atoms. The smallest absolute Gasteiger partial charge is 0.307 e. The highest BCUT2D eigenvalue weighted by atomic mass is 16.4. The number of carbonyl (C=O) groups is 2. The van der Waals surface area contributed by atoms with E-state index in [2.05, 4.69) is 0 Å². The minimum Gasteiger partial charge on any atom is -0.481 e. The van der Waals surface area contributed by atoms with Gasteiger partial charge in [-0.3, -0.25) is 9.59 Å². The first kappa shape index (κ1) is 16.0. The Labute approximate surface area is 137 Å². The predicted molar refractivity (Wildman–Crippen MR) is 87.7 cm³/mol. The molecule has 1 aromatic rings. The summed E-state index contributed by atoms with van der Waals surface area (Å²) in [5.74, 6) is -1.57. The zero-order valence-corrected chi connectivity index (χ0v) is 13.5. The van der Waals surface area contributed by atoms with Crippen LogP contribution in [0.15, 0.2) is 30.3 Å². The van der Waals surface area contributed by atoms with Crippen molar-refractivity contribution < 1.29 is 14.7 Å². The first-order valence-electron chi connectivity index (χ1n) is 8.74. The fourth-order valence-corrected chi connectivity index (χ4v) is 3.86. The Hall–Kier alpha value is -1.84. The molecule has 0 aliphatic heterocycles. The second-order valence-corrected chi connectivity index (χ2v) is 6.87. The molecule has 3 rings (SSSR count). The van der Waals surface area contributed by atoms with Crippen molar-refractivity contribution in [1.82, 2.24) is 4.90 Å². The number of hydrogen-bond donors (Lipinski definition) is 1. The van der Waals surface area contributed by atoms with Crippen LogP contribution >= 0.6 is 0 Å². The summed E-state index contributed by atoms with van der Waals surface area (Å²) in [5, 5.41) is 9.26. The zero-order chi connectivity index (χ0) is 16.2. The number of carbonyl (C=O) groups excluding carboxylic acids is 1. The molecule has 1 amide bonds. The lowest BCUT2D eigenvalue weighted by Crippen LogP contribution is -2.49. The second kappa shape index (κ2) is 7.16. The minimum absolute atomic E-state index is 0.0550. The van der Waals surface area contributed by atoms with Gasteiger partial charge in [-0.05, 0) is 31.2 Å². The topological polar surface area (TPSA) is 57.6 Å². The van der Waals surface area contributed by atoms with Gasteiger partial charge in [0.15, 0.2) is 0 Å². The normalized spacial score (nSPS) is 24.7. The van der Waals surface area contributed by atoms with E-state index < -0.39 is 11.9 Å². The summed E-state index contributed by atoms with van der Waals surface area (Å²) in [5.41, 5.74) is 1.12. The molecule has 0 aromatic heterocycles. The Morgan fingerprint density at radius 2 is 1.61 bits per heavy atom. The van der Waals surface area contributed by atoms with Gasteiger partial charge in [-0.15, -0.1) is 0 Å². The van der Waals surface area contributed by atoms with E-state index in [0.29, 0.717) is 19.4 Å². The molecule has 2 atom stereocenters. The number of carboxylic acids is 1. The van der Waals surface area contributed by atoms with Crippen LogP contribution in [-0.4, -0.2) is 27.9 Å². The summed E-state index contributed by atoms with van der Waals surface area (Å²) in [6.45, 7) is 0.604. The van der Waals surface area contributed by atoms with Crippen LogP contribution in [0.2, 0.25) is 0 Å². The average molecular weight is 315 g/mol. The molecule has 0 spiro atoms. The largest absolute Gasteiger partial charge is 0.481 e. The number of amides is 1. The van der Waals surface area contributed by atoms with Crippen molar-refractivity contribution in [3.63, 3.8) is 0 Å². The van der Waals surface area contributed by atoms with Gasteiger partial charge in [0.2, 0.25) is 5.91 Å². The van der Waals surface area contributed by atoms with Crippen molar-refractivity contribution in [2.45, 2.75) is 57.5 Å². The van der Waals surface area contributed by atoms with Crippen LogP contribution in [-0.2, 0) is 16.1 Å². The highest BCUT2D eigenvalue weighted by molar-refractivity contribution is 5.86. The molecule has 2 saturated carbocycles. The lowest BCUT2D eigenvalue weighted by atomic mass is 9.72. The predicted octanol–water partition coefficient (Wildman–Crippen LogP) is 3.46. The van der Waals surface area contributed by atoms with Crippen LogP contribution in [0, 0.1) is 11.8 Å². The molecular formula is C19H25NO3. The summed E-state index contributed by atoms with van der Waals surface area (Å²) in [7, 11) is 0. The Kier molecular flexibility index (Phi) is 4.99. The number of rotatable bonds is 5. The van der Waals surface area contributed by atoms with E-state index in [0.717, 1.165) is 31.2 Å². The fraction of sp³-hybridized carbons (Fsp3) is 0.579. The van der Waals surface area contributed by atoms with Crippen LogP contribution in [0.1, 0.15) is 50.5 Å². The Bertz CT molecular complexity index is 551. The maximum atomic E-state index is 13.0. The van der Waals surface area contributed by atoms with Gasteiger partial charge in [0, 0.05) is 12.6 Å². The lowest BCUT2D eigenvalue weighted by molar-refractivity contribution is -0.158. The third-order valence-electron chi connectivity index (χ3n) is 5.40. The second-order valence-electron chi connectivity index (χ2n) is 6.87. The summed E-state index contributed by atoms with van der Waals surface area (Å²) < 4.78 is 0. The van der Waals surface area contributed by atoms with Gasteiger partial charge >= 0.3 is 5.97 Å². The summed E-state index contributed by atoms with van der Waals surface area (Å²) in [4.78, 5) is 26.3. The molecule has 2 fully saturated rings. The molecule has 2 unspecified atom stereocenters. The molecule has 2 aliphatic rings. The molecule has 4 heteroatoms. The number of hydrogen-bond acceptors (Lipinski definition) is 2. The van der Waals surface area contributed by atoms with Gasteiger partial charge in [-0.1, -0.05) is 49.6 Å². The van der Waals surface area contributed by atoms with Crippen LogP contribution in [0.3, 0.4) is 0 Å². The van der Waals surface area contributed by atoms with Gasteiger partial charge in [-0.25, -0.2) is 0 Å². The van der Waals surface area contributed by atoms with Gasteiger partial charge < -0.3 is 10.0 Å². The van der Waals surface area contributed by atoms with Crippen LogP contribution in [0.4, 0.5) is 0 Å². The standard InChI is InChI=1S/C19H25NO3/c21-18(16-11-12-17(16)19(22)23)20(15-9-5-2-6-10-15)13-14-7-3-1-4-8-14/h1,3-4,7-8,15-17H,2,5-6,9-13H2,(H,22,23). The summed E-state index contributed by atoms with van der Waals surface area (Å²) in [6.07, 6.45) is 7.01. The summed E-state index contributed by atoms with van der Waals surface area (Å²) >= 11 is 0. The molecule has 0 saturated heterocycles. The van der Waals surface area contributed by atoms with Crippen molar-refractivity contribution in [2.24, 2.45) is 11.8 Å². The van der Waals surface area contributed by atoms with Crippen molar-refractivity contribution in [2.75, 3.05) is 0 Å². The van der Waals surface area contributed by atoms with Gasteiger partial charge in [-0.2, -0.15) is 0 Å². The van der Waals surface area contributed by atoms with E-state index in [-0.39, 0.29) is 17.9 Å². The minimum atomic E-state index is -0.821. The van der Waals surface area contributed by atoms with Crippen molar-refractivity contribution in [1.29, 1.82) is 0 Å². The van der Waals surface area contributed by atoms with E-state index in [4.69, 9.17) is 0 Å². The number of benzene rings is 1. The molecule has 0 heterocycles. The molecule has 124 valence electrons. The monoisotopic (exact) mass is 315 g/mol. The van der Waals surface area contributed by atoms with E-state index in [1.165, 1.54) is 6.42 Å². The molecule has 1 aromatic carbocycles. The zero-order valence-electron chi connectivity index (χ0n) is 13.5. The van der Waals surface area contributed by atoms with E-state index >= 15 is 0 Å². The van der Waals surface area contributed by atoms with E-state index in [1.54, 1.807) is 0 Å². The molecule has 0 radical (unpaired) electrons. The quantitative estimate of drug-likeness (QED) is 0.905. The average Bonchev–Trinajstić information content (AvgIpc) is 2.52. The third-order valence-corrected chi connectivity index (χ3v) is 5.40. The molecule has 2 aliphatic carbocycles. The van der Waals surface area contributed by atoms with E-state index in [1.807, 2.05) is 35.2 Å². The maximum Gasteiger partial charge on any atom is 0.307 e. The van der Waals surface area contributed by atoms with Crippen LogP contribution < -0.4 is 0 Å². The molecule has 1 N–H and O–H groups in total. The van der Waals surface area contributed by atoms with Crippen LogP contribution in [0.25, 0.3) is 0 Å². The molecule has 4 nitrogen and oxygen atoms in total. The van der Waals surface area contributed by atoms with E-state index in [9.17, 15) is 14.7 Å². The highest BCUT2D eigenvalue weighted by Gasteiger charge is 2.44. The SMILES string of the molecule is O=C(O)C1CCC1C(=O)N(Cc1ccccc1)C1CCCCC1. The third kappa shape index (κ3) is 3.57. The first-order valence-corrected chi connectivity index (χ1v) is 8.74. The Morgan fingerprint density at radius 1 is 0.957 bits per heavy atom. The van der Waals surface area contributed by atoms with Crippen molar-refractivity contribution >= 4 is 11.9 Å². The highest BCUT2D eigenvalue weighted by Crippen LogP contribution is 2.37. The molecule has 23 heavy (non-hydrogen) atoms. The van der Waals surface area contributed by atoms with Crippen LogP contribution in [0.5, 0.6) is 0 Å². The number of carboxylic acid groups (broad SMARTS) is 1. The van der Waals surface area contributed by atoms with Crippen molar-refractivity contribution in [3.8, 4) is 0 Å². The van der Waals surface area contributed by atoms with Gasteiger partial charge in [0.05, 0.1) is 11.8 Å². The summed E-state index contributed by atoms with van der Waals surface area (Å²) in [6, 6.07) is 10.3.